The molecule has 1 fully saturated rings. The van der Waals surface area contributed by atoms with Crippen molar-refractivity contribution in [2.45, 2.75) is 32.7 Å². The zero-order valence-electron chi connectivity index (χ0n) is 11.9. The Morgan fingerprint density at radius 2 is 2.00 bits per heavy atom. The molecule has 4 nitrogen and oxygen atoms in total. The number of rotatable bonds is 4. The van der Waals surface area contributed by atoms with Crippen LogP contribution in [0.15, 0.2) is 12.1 Å². The van der Waals surface area contributed by atoms with Gasteiger partial charge in [0.2, 0.25) is 0 Å². The molecule has 1 aromatic carbocycles. The first kappa shape index (κ1) is 13.7. The van der Waals surface area contributed by atoms with E-state index < -0.39 is 5.97 Å². The van der Waals surface area contributed by atoms with Gasteiger partial charge >= 0.3 is 5.97 Å². The van der Waals surface area contributed by atoms with Crippen LogP contribution in [0.4, 0.5) is 5.69 Å². The number of hydrogen-bond acceptors (Lipinski definition) is 3. The second kappa shape index (κ2) is 5.11. The average molecular weight is 263 g/mol. The Labute approximate surface area is 114 Å². The standard InChI is InChI=1S/C15H21NO3/c1-9-5-10(2)14(13(6-9)19-4)16(3)12-7-11(8-12)15(17)18/h5-6,11-12H,7-8H2,1-4H3,(H,17,18). The molecule has 0 heterocycles. The van der Waals surface area contributed by atoms with Gasteiger partial charge in [0, 0.05) is 13.1 Å². The molecule has 2 rings (SSSR count). The molecule has 19 heavy (non-hydrogen) atoms. The summed E-state index contributed by atoms with van der Waals surface area (Å²) in [4.78, 5) is 13.0. The summed E-state index contributed by atoms with van der Waals surface area (Å²) in [5.41, 5.74) is 3.41. The molecular weight excluding hydrogens is 242 g/mol. The first-order valence-corrected chi connectivity index (χ1v) is 6.55. The van der Waals surface area contributed by atoms with E-state index in [9.17, 15) is 4.79 Å². The van der Waals surface area contributed by atoms with Crippen molar-refractivity contribution in [1.82, 2.24) is 0 Å². The minimum absolute atomic E-state index is 0.191. The van der Waals surface area contributed by atoms with Crippen molar-refractivity contribution in [2.75, 3.05) is 19.1 Å². The molecule has 0 spiro atoms. The van der Waals surface area contributed by atoms with E-state index in [-0.39, 0.29) is 12.0 Å². The van der Waals surface area contributed by atoms with E-state index in [1.165, 1.54) is 5.56 Å². The van der Waals surface area contributed by atoms with E-state index in [0.29, 0.717) is 12.8 Å². The maximum atomic E-state index is 10.9. The van der Waals surface area contributed by atoms with Gasteiger partial charge in [0.15, 0.2) is 0 Å². The van der Waals surface area contributed by atoms with E-state index in [1.54, 1.807) is 7.11 Å². The molecule has 0 aliphatic heterocycles. The molecule has 1 saturated carbocycles. The van der Waals surface area contributed by atoms with Gasteiger partial charge < -0.3 is 14.7 Å². The van der Waals surface area contributed by atoms with Crippen molar-refractivity contribution in [3.63, 3.8) is 0 Å². The zero-order chi connectivity index (χ0) is 14.2. The number of carboxylic acid groups (broad SMARTS) is 1. The normalized spacial score (nSPS) is 21.7. The van der Waals surface area contributed by atoms with E-state index in [2.05, 4.69) is 17.9 Å². The van der Waals surface area contributed by atoms with Gasteiger partial charge in [0.1, 0.15) is 5.75 Å². The molecule has 0 amide bonds. The number of carboxylic acids is 1. The van der Waals surface area contributed by atoms with Gasteiger partial charge in [-0.3, -0.25) is 4.79 Å². The Hall–Kier alpha value is -1.71. The molecule has 1 aromatic rings. The van der Waals surface area contributed by atoms with Gasteiger partial charge in [-0.2, -0.15) is 0 Å². The van der Waals surface area contributed by atoms with Crippen molar-refractivity contribution >= 4 is 11.7 Å². The van der Waals surface area contributed by atoms with Crippen molar-refractivity contribution in [1.29, 1.82) is 0 Å². The lowest BCUT2D eigenvalue weighted by Gasteiger charge is -2.41. The number of nitrogens with zero attached hydrogens (tertiary/aromatic N) is 1. The highest BCUT2D eigenvalue weighted by molar-refractivity contribution is 5.72. The fourth-order valence-corrected chi connectivity index (χ4v) is 2.82. The number of carbonyl (C=O) groups is 1. The maximum Gasteiger partial charge on any atom is 0.306 e. The quantitative estimate of drug-likeness (QED) is 0.907. The second-order valence-corrected chi connectivity index (χ2v) is 5.40. The predicted molar refractivity (Wildman–Crippen MR) is 75.0 cm³/mol. The minimum atomic E-state index is -0.683. The molecule has 4 heteroatoms. The number of ether oxygens (including phenoxy) is 1. The molecule has 0 aromatic heterocycles. The van der Waals surface area contributed by atoms with Crippen molar-refractivity contribution < 1.29 is 14.6 Å². The molecule has 1 aliphatic carbocycles. The van der Waals surface area contributed by atoms with E-state index >= 15 is 0 Å². The number of aliphatic carboxylic acids is 1. The number of methoxy groups -OCH3 is 1. The molecule has 0 bridgehead atoms. The van der Waals surface area contributed by atoms with Crippen LogP contribution in [0.2, 0.25) is 0 Å². The van der Waals surface area contributed by atoms with Crippen LogP contribution in [0.1, 0.15) is 24.0 Å². The first-order chi connectivity index (χ1) is 8.93. The molecule has 104 valence electrons. The number of hydrogen-bond donors (Lipinski definition) is 1. The lowest BCUT2D eigenvalue weighted by atomic mass is 9.79. The summed E-state index contributed by atoms with van der Waals surface area (Å²) in [5, 5.41) is 8.95. The summed E-state index contributed by atoms with van der Waals surface area (Å²) < 4.78 is 5.46. The molecule has 0 unspecified atom stereocenters. The average Bonchev–Trinajstić information content (AvgIpc) is 2.24. The van der Waals surface area contributed by atoms with Crippen molar-refractivity contribution in [2.24, 2.45) is 5.92 Å². The van der Waals surface area contributed by atoms with Gasteiger partial charge in [-0.1, -0.05) is 6.07 Å². The lowest BCUT2D eigenvalue weighted by Crippen LogP contribution is -2.45. The summed E-state index contributed by atoms with van der Waals surface area (Å²) in [7, 11) is 3.69. The fraction of sp³-hybridized carbons (Fsp3) is 0.533. The highest BCUT2D eigenvalue weighted by Gasteiger charge is 2.37. The highest BCUT2D eigenvalue weighted by Crippen LogP contribution is 2.39. The Kier molecular flexibility index (Phi) is 3.69. The summed E-state index contributed by atoms with van der Waals surface area (Å²) in [6.45, 7) is 4.11. The molecule has 0 radical (unpaired) electrons. The SMILES string of the molecule is COc1cc(C)cc(C)c1N(C)C1CC(C(=O)O)C1. The van der Waals surface area contributed by atoms with Crippen LogP contribution in [0.5, 0.6) is 5.75 Å². The third-order valence-corrected chi connectivity index (χ3v) is 3.99. The smallest absolute Gasteiger partial charge is 0.306 e. The molecule has 0 atom stereocenters. The summed E-state index contributed by atoms with van der Waals surface area (Å²) in [6, 6.07) is 4.44. The summed E-state index contributed by atoms with van der Waals surface area (Å²) in [5.74, 6) is -0.0137. The van der Waals surface area contributed by atoms with Crippen LogP contribution in [0, 0.1) is 19.8 Å². The summed E-state index contributed by atoms with van der Waals surface area (Å²) >= 11 is 0. The van der Waals surface area contributed by atoms with Gasteiger partial charge in [-0.15, -0.1) is 0 Å². The Morgan fingerprint density at radius 1 is 1.37 bits per heavy atom. The fourth-order valence-electron chi connectivity index (χ4n) is 2.82. The van der Waals surface area contributed by atoms with Crippen LogP contribution in [-0.2, 0) is 4.79 Å². The molecule has 1 aliphatic rings. The second-order valence-electron chi connectivity index (χ2n) is 5.40. The molecule has 1 N–H and O–H groups in total. The Balaban J connectivity index is 2.20. The third-order valence-electron chi connectivity index (χ3n) is 3.99. The van der Waals surface area contributed by atoms with Crippen LogP contribution in [0.25, 0.3) is 0 Å². The van der Waals surface area contributed by atoms with E-state index in [4.69, 9.17) is 9.84 Å². The van der Waals surface area contributed by atoms with Gasteiger partial charge in [-0.25, -0.2) is 0 Å². The topological polar surface area (TPSA) is 49.8 Å². The van der Waals surface area contributed by atoms with Crippen molar-refractivity contribution in [3.05, 3.63) is 23.3 Å². The van der Waals surface area contributed by atoms with E-state index in [0.717, 1.165) is 17.0 Å². The highest BCUT2D eigenvalue weighted by atomic mass is 16.5. The number of benzene rings is 1. The largest absolute Gasteiger partial charge is 0.495 e. The van der Waals surface area contributed by atoms with Crippen LogP contribution in [-0.4, -0.2) is 31.3 Å². The minimum Gasteiger partial charge on any atom is -0.495 e. The van der Waals surface area contributed by atoms with E-state index in [1.807, 2.05) is 20.0 Å². The zero-order valence-corrected chi connectivity index (χ0v) is 11.9. The lowest BCUT2D eigenvalue weighted by molar-refractivity contribution is -0.145. The number of aryl methyl sites for hydroxylation is 2. The predicted octanol–water partition coefficient (Wildman–Crippen LogP) is 2.61. The van der Waals surface area contributed by atoms with Gasteiger partial charge in [0.25, 0.3) is 0 Å². The maximum absolute atomic E-state index is 10.9. The number of anilines is 1. The Morgan fingerprint density at radius 3 is 2.53 bits per heavy atom. The van der Waals surface area contributed by atoms with Crippen LogP contribution >= 0.6 is 0 Å². The Bertz CT molecular complexity index is 492. The van der Waals surface area contributed by atoms with Gasteiger partial charge in [0.05, 0.1) is 18.7 Å². The van der Waals surface area contributed by atoms with Crippen molar-refractivity contribution in [3.8, 4) is 5.75 Å². The monoisotopic (exact) mass is 263 g/mol. The van der Waals surface area contributed by atoms with Crippen LogP contribution < -0.4 is 9.64 Å². The first-order valence-electron chi connectivity index (χ1n) is 6.55. The molecular formula is C15H21NO3. The third kappa shape index (κ3) is 2.53. The molecule has 0 saturated heterocycles. The van der Waals surface area contributed by atoms with Crippen LogP contribution in [0.3, 0.4) is 0 Å². The summed E-state index contributed by atoms with van der Waals surface area (Å²) in [6.07, 6.45) is 1.42. The van der Waals surface area contributed by atoms with Gasteiger partial charge in [-0.05, 0) is 43.9 Å².